The molecule has 0 heterocycles. The first-order valence-corrected chi connectivity index (χ1v) is 3.98. The van der Waals surface area contributed by atoms with Crippen LogP contribution in [0.2, 0.25) is 0 Å². The molecule has 45 valence electrons. The van der Waals surface area contributed by atoms with E-state index < -0.39 is 0 Å². The molecule has 0 atom stereocenters. The summed E-state index contributed by atoms with van der Waals surface area (Å²) in [6, 6.07) is 5.40. The zero-order valence-electron chi connectivity index (χ0n) is 4.56. The summed E-state index contributed by atoms with van der Waals surface area (Å²) in [6.45, 7) is 0. The molecule has 0 unspecified atom stereocenters. The van der Waals surface area contributed by atoms with E-state index in [1.807, 2.05) is 12.1 Å². The van der Waals surface area contributed by atoms with Crippen LogP contribution < -0.4 is 5.19 Å². The second kappa shape index (κ2) is 2.70. The van der Waals surface area contributed by atoms with Crippen LogP contribution >= 0.6 is 22.6 Å². The van der Waals surface area contributed by atoms with Crippen molar-refractivity contribution >= 4 is 38.0 Å². The topological polar surface area (TPSA) is 20.2 Å². The molecular weight excluding hydrogens is 243 g/mol. The van der Waals surface area contributed by atoms with Gasteiger partial charge in [-0.2, -0.15) is 0 Å². The third kappa shape index (κ3) is 1.69. The highest BCUT2D eigenvalue weighted by atomic mass is 127. The zero-order chi connectivity index (χ0) is 6.85. The molecule has 0 spiro atoms. The van der Waals surface area contributed by atoms with E-state index in [1.165, 1.54) is 0 Å². The monoisotopic (exact) mass is 247 g/mol. The van der Waals surface area contributed by atoms with E-state index in [0.29, 0.717) is 5.75 Å². The van der Waals surface area contributed by atoms with Crippen molar-refractivity contribution in [1.29, 1.82) is 0 Å². The molecule has 0 bridgehead atoms. The molecule has 0 amide bonds. The molecule has 0 aliphatic rings. The third-order valence-corrected chi connectivity index (χ3v) is 2.17. The molecule has 1 aromatic carbocycles. The predicted octanol–water partition coefficient (Wildman–Crippen LogP) is 0.791. The van der Waals surface area contributed by atoms with Crippen LogP contribution in [0, 0.1) is 3.57 Å². The van der Waals surface area contributed by atoms with Gasteiger partial charge in [-0.25, -0.2) is 0 Å². The van der Waals surface area contributed by atoms with E-state index in [9.17, 15) is 0 Å². The Balaban J connectivity index is 3.17. The van der Waals surface area contributed by atoms with Crippen LogP contribution in [0.15, 0.2) is 18.2 Å². The van der Waals surface area contributed by atoms with Gasteiger partial charge in [0.2, 0.25) is 0 Å². The molecule has 1 nitrogen and oxygen atoms in total. The van der Waals surface area contributed by atoms with Gasteiger partial charge in [0, 0.05) is 0 Å². The van der Waals surface area contributed by atoms with E-state index in [2.05, 4.69) is 32.8 Å². The summed E-state index contributed by atoms with van der Waals surface area (Å²) in [5, 5.41) is 9.96. The lowest BCUT2D eigenvalue weighted by Crippen LogP contribution is -1.99. The molecule has 1 N–H and O–H groups in total. The fourth-order valence-electron chi connectivity index (χ4n) is 0.513. The highest BCUT2D eigenvalue weighted by Gasteiger charge is 1.93. The molecule has 0 saturated heterocycles. The Morgan fingerprint density at radius 1 is 1.44 bits per heavy atom. The minimum absolute atomic E-state index is 0.322. The molecule has 1 rings (SSSR count). The van der Waals surface area contributed by atoms with Gasteiger partial charge in [-0.3, -0.25) is 0 Å². The maximum absolute atomic E-state index is 9.06. The van der Waals surface area contributed by atoms with Gasteiger partial charge in [-0.1, -0.05) is 11.3 Å². The maximum atomic E-state index is 9.06. The summed E-state index contributed by atoms with van der Waals surface area (Å²) in [5.74, 6) is 0.322. The van der Waals surface area contributed by atoms with Crippen molar-refractivity contribution in [2.24, 2.45) is 0 Å². The number of phenolic OH excluding ortho intramolecular Hbond substituents is 1. The Morgan fingerprint density at radius 2 is 2.11 bits per heavy atom. The lowest BCUT2D eigenvalue weighted by atomic mass is 10.3. The van der Waals surface area contributed by atoms with Crippen LogP contribution in [-0.2, 0) is 0 Å². The third-order valence-electron chi connectivity index (χ3n) is 0.946. The molecule has 3 heteroatoms. The molecule has 3 radical (unpaired) electrons. The van der Waals surface area contributed by atoms with Crippen molar-refractivity contribution in [3.63, 3.8) is 0 Å². The number of aromatic hydroxyl groups is 1. The van der Waals surface area contributed by atoms with Crippen molar-refractivity contribution in [3.05, 3.63) is 21.8 Å². The van der Waals surface area contributed by atoms with E-state index in [0.717, 1.165) is 8.76 Å². The van der Waals surface area contributed by atoms with Gasteiger partial charge in [0.15, 0.2) is 0 Å². The number of benzene rings is 1. The second-order valence-corrected chi connectivity index (χ2v) is 3.41. The number of hydrogen-bond acceptors (Lipinski definition) is 1. The van der Waals surface area contributed by atoms with E-state index in [1.54, 1.807) is 6.07 Å². The first kappa shape index (κ1) is 7.08. The summed E-state index contributed by atoms with van der Waals surface area (Å²) < 4.78 is 0.870. The highest BCUT2D eigenvalue weighted by Crippen LogP contribution is 2.15. The first-order chi connectivity index (χ1) is 4.20. The van der Waals surface area contributed by atoms with Crippen molar-refractivity contribution < 1.29 is 5.11 Å². The van der Waals surface area contributed by atoms with Crippen LogP contribution in [0.3, 0.4) is 0 Å². The van der Waals surface area contributed by atoms with Gasteiger partial charge in [-0.15, -0.1) is 0 Å². The lowest BCUT2D eigenvalue weighted by molar-refractivity contribution is 0.472. The predicted molar refractivity (Wildman–Crippen MR) is 46.2 cm³/mol. The summed E-state index contributed by atoms with van der Waals surface area (Å²) in [5.41, 5.74) is 0. The van der Waals surface area contributed by atoms with Crippen LogP contribution in [0.25, 0.3) is 0 Å². The van der Waals surface area contributed by atoms with Gasteiger partial charge in [0.05, 0.1) is 13.8 Å². The SMILES string of the molecule is Oc1cc([Si])ccc1I. The standard InChI is InChI=1S/C6H4IOSi/c7-5-2-1-4(9)3-6(5)8/h1-3,8H. The molecule has 0 aliphatic heterocycles. The summed E-state index contributed by atoms with van der Waals surface area (Å²) >= 11 is 2.07. The zero-order valence-corrected chi connectivity index (χ0v) is 7.71. The molecular formula is C6H4IOSi. The molecule has 1 aromatic rings. The molecule has 0 aromatic heterocycles. The van der Waals surface area contributed by atoms with Crippen molar-refractivity contribution in [1.82, 2.24) is 0 Å². The Bertz CT molecular complexity index is 224. The molecule has 0 aliphatic carbocycles. The normalized spacial score (nSPS) is 9.56. The summed E-state index contributed by atoms with van der Waals surface area (Å²) in [7, 11) is 3.28. The summed E-state index contributed by atoms with van der Waals surface area (Å²) in [4.78, 5) is 0. The van der Waals surface area contributed by atoms with Crippen molar-refractivity contribution in [3.8, 4) is 5.75 Å². The van der Waals surface area contributed by atoms with Gasteiger partial charge in [0.25, 0.3) is 0 Å². The fourth-order valence-corrected chi connectivity index (χ4v) is 1.07. The second-order valence-electron chi connectivity index (χ2n) is 1.67. The van der Waals surface area contributed by atoms with Gasteiger partial charge < -0.3 is 5.11 Å². The van der Waals surface area contributed by atoms with E-state index in [4.69, 9.17) is 5.11 Å². The molecule has 0 saturated carbocycles. The number of rotatable bonds is 0. The molecule has 9 heavy (non-hydrogen) atoms. The summed E-state index contributed by atoms with van der Waals surface area (Å²) in [6.07, 6.45) is 0. The Morgan fingerprint density at radius 3 is 2.56 bits per heavy atom. The first-order valence-electron chi connectivity index (χ1n) is 2.40. The number of halogens is 1. The minimum atomic E-state index is 0.322. The maximum Gasteiger partial charge on any atom is 0.128 e. The number of phenols is 1. The molecule has 0 fully saturated rings. The fraction of sp³-hybridized carbons (Fsp3) is 0. The van der Waals surface area contributed by atoms with E-state index >= 15 is 0 Å². The lowest BCUT2D eigenvalue weighted by Gasteiger charge is -1.95. The van der Waals surface area contributed by atoms with Gasteiger partial charge >= 0.3 is 0 Å². The Labute approximate surface area is 70.7 Å². The Hall–Kier alpha value is -0.0331. The highest BCUT2D eigenvalue weighted by molar-refractivity contribution is 14.1. The quantitative estimate of drug-likeness (QED) is 0.531. The van der Waals surface area contributed by atoms with Crippen LogP contribution in [0.5, 0.6) is 5.75 Å². The van der Waals surface area contributed by atoms with Crippen LogP contribution in [0.4, 0.5) is 0 Å². The van der Waals surface area contributed by atoms with Crippen LogP contribution in [-0.4, -0.2) is 15.3 Å². The van der Waals surface area contributed by atoms with Gasteiger partial charge in [-0.05, 0) is 34.7 Å². The number of hydrogen-bond donors (Lipinski definition) is 1. The van der Waals surface area contributed by atoms with Crippen molar-refractivity contribution in [2.45, 2.75) is 0 Å². The Kier molecular flexibility index (Phi) is 2.12. The van der Waals surface area contributed by atoms with Crippen molar-refractivity contribution in [2.75, 3.05) is 0 Å². The average Bonchev–Trinajstić information content (AvgIpc) is 1.80. The van der Waals surface area contributed by atoms with E-state index in [-0.39, 0.29) is 0 Å². The minimum Gasteiger partial charge on any atom is -0.507 e. The van der Waals surface area contributed by atoms with Crippen LogP contribution in [0.1, 0.15) is 0 Å². The smallest absolute Gasteiger partial charge is 0.128 e. The largest absolute Gasteiger partial charge is 0.507 e. The average molecular weight is 247 g/mol. The van der Waals surface area contributed by atoms with Gasteiger partial charge in [0.1, 0.15) is 5.75 Å².